The van der Waals surface area contributed by atoms with Crippen molar-refractivity contribution in [3.8, 4) is 5.75 Å². The molecule has 5 nitrogen and oxygen atoms in total. The maximum Gasteiger partial charge on any atom is 0.244 e. The van der Waals surface area contributed by atoms with Crippen LogP contribution in [0.15, 0.2) is 29.2 Å². The minimum atomic E-state index is -3.53. The number of rotatable bonds is 6. The van der Waals surface area contributed by atoms with Gasteiger partial charge in [0.15, 0.2) is 0 Å². The van der Waals surface area contributed by atoms with Gasteiger partial charge in [-0.2, -0.15) is 0 Å². The predicted molar refractivity (Wildman–Crippen MR) is 73.7 cm³/mol. The van der Waals surface area contributed by atoms with E-state index in [9.17, 15) is 8.42 Å². The highest BCUT2D eigenvalue weighted by Gasteiger charge is 2.18. The summed E-state index contributed by atoms with van der Waals surface area (Å²) in [5.74, 6) is 0.334. The number of para-hydroxylation sites is 1. The second kappa shape index (κ2) is 7.58. The predicted octanol–water partition coefficient (Wildman–Crippen LogP) is 1.13. The molecule has 7 heteroatoms. The van der Waals surface area contributed by atoms with E-state index in [1.165, 1.54) is 13.2 Å². The van der Waals surface area contributed by atoms with Gasteiger partial charge >= 0.3 is 0 Å². The average Bonchev–Trinajstić information content (AvgIpc) is 2.28. The molecule has 104 valence electrons. The molecule has 18 heavy (non-hydrogen) atoms. The molecule has 0 bridgehead atoms. The molecule has 0 aliphatic heterocycles. The Morgan fingerprint density at radius 2 is 2.00 bits per heavy atom. The second-order valence-corrected chi connectivity index (χ2v) is 5.55. The van der Waals surface area contributed by atoms with Crippen molar-refractivity contribution < 1.29 is 13.2 Å². The van der Waals surface area contributed by atoms with Crippen LogP contribution in [0.1, 0.15) is 13.3 Å². The third kappa shape index (κ3) is 4.81. The summed E-state index contributed by atoms with van der Waals surface area (Å²) in [6, 6.07) is 6.46. The highest BCUT2D eigenvalue weighted by atomic mass is 35.5. The first-order valence-electron chi connectivity index (χ1n) is 5.35. The fraction of sp³-hybridized carbons (Fsp3) is 0.455. The van der Waals surface area contributed by atoms with Gasteiger partial charge in [-0.25, -0.2) is 13.1 Å². The van der Waals surface area contributed by atoms with Gasteiger partial charge in [-0.3, -0.25) is 0 Å². The zero-order valence-electron chi connectivity index (χ0n) is 10.4. The molecule has 0 fully saturated rings. The van der Waals surface area contributed by atoms with E-state index in [1.54, 1.807) is 18.2 Å². The largest absolute Gasteiger partial charge is 0.495 e. The molecule has 1 aromatic carbocycles. The zero-order chi connectivity index (χ0) is 12.9. The monoisotopic (exact) mass is 294 g/mol. The molecule has 1 atom stereocenters. The fourth-order valence-electron chi connectivity index (χ4n) is 1.34. The molecule has 0 saturated heterocycles. The number of methoxy groups -OCH3 is 1. The Morgan fingerprint density at radius 3 is 2.56 bits per heavy atom. The van der Waals surface area contributed by atoms with Gasteiger partial charge in [0.2, 0.25) is 10.0 Å². The zero-order valence-corrected chi connectivity index (χ0v) is 12.1. The van der Waals surface area contributed by atoms with Gasteiger partial charge in [-0.1, -0.05) is 12.1 Å². The summed E-state index contributed by atoms with van der Waals surface area (Å²) >= 11 is 0. The van der Waals surface area contributed by atoms with Crippen LogP contribution in [0.2, 0.25) is 0 Å². The molecule has 0 spiro atoms. The van der Waals surface area contributed by atoms with Gasteiger partial charge in [0.1, 0.15) is 10.6 Å². The van der Waals surface area contributed by atoms with Crippen LogP contribution in [-0.2, 0) is 10.0 Å². The minimum absolute atomic E-state index is 0. The summed E-state index contributed by atoms with van der Waals surface area (Å²) in [5.41, 5.74) is 5.56. The maximum atomic E-state index is 12.0. The molecule has 0 aliphatic carbocycles. The first-order chi connectivity index (χ1) is 7.97. The van der Waals surface area contributed by atoms with Crippen molar-refractivity contribution in [1.82, 2.24) is 4.72 Å². The van der Waals surface area contributed by atoms with Gasteiger partial charge in [-0.05, 0) is 25.5 Å². The summed E-state index contributed by atoms with van der Waals surface area (Å²) in [6.07, 6.45) is 0.592. The van der Waals surface area contributed by atoms with Crippen molar-refractivity contribution in [2.24, 2.45) is 5.73 Å². The topological polar surface area (TPSA) is 81.4 Å². The van der Waals surface area contributed by atoms with Gasteiger partial charge in [0.05, 0.1) is 7.11 Å². The van der Waals surface area contributed by atoms with E-state index in [-0.39, 0.29) is 23.3 Å². The van der Waals surface area contributed by atoms with Crippen molar-refractivity contribution in [2.45, 2.75) is 24.3 Å². The smallest absolute Gasteiger partial charge is 0.244 e. The van der Waals surface area contributed by atoms with Crippen molar-refractivity contribution in [3.05, 3.63) is 24.3 Å². The Hall–Kier alpha value is -0.820. The molecule has 1 rings (SSSR count). The standard InChI is InChI=1S/C11H18N2O3S.ClH/c1-9(12)7-8-13-17(14,15)11-6-4-3-5-10(11)16-2;/h3-6,9,13H,7-8,12H2,1-2H3;1H. The molecule has 0 aliphatic rings. The molecule has 0 saturated carbocycles. The van der Waals surface area contributed by atoms with Crippen molar-refractivity contribution >= 4 is 22.4 Å². The second-order valence-electron chi connectivity index (χ2n) is 3.81. The first-order valence-corrected chi connectivity index (χ1v) is 6.84. The summed E-state index contributed by atoms with van der Waals surface area (Å²) in [6.45, 7) is 2.15. The number of sulfonamides is 1. The van der Waals surface area contributed by atoms with Crippen LogP contribution in [0.5, 0.6) is 5.75 Å². The van der Waals surface area contributed by atoms with E-state index >= 15 is 0 Å². The quantitative estimate of drug-likeness (QED) is 0.824. The van der Waals surface area contributed by atoms with E-state index in [4.69, 9.17) is 10.5 Å². The molecular weight excluding hydrogens is 276 g/mol. The number of ether oxygens (including phenoxy) is 1. The lowest BCUT2D eigenvalue weighted by Crippen LogP contribution is -2.29. The van der Waals surface area contributed by atoms with E-state index in [2.05, 4.69) is 4.72 Å². The molecule has 1 aromatic rings. The van der Waals surface area contributed by atoms with Crippen LogP contribution in [0, 0.1) is 0 Å². The molecule has 3 N–H and O–H groups in total. The highest BCUT2D eigenvalue weighted by Crippen LogP contribution is 2.22. The van der Waals surface area contributed by atoms with Crippen LogP contribution in [0.4, 0.5) is 0 Å². The third-order valence-electron chi connectivity index (χ3n) is 2.25. The van der Waals surface area contributed by atoms with E-state index in [1.807, 2.05) is 6.92 Å². The van der Waals surface area contributed by atoms with Crippen LogP contribution in [-0.4, -0.2) is 28.1 Å². The Bertz CT molecular complexity index is 463. The van der Waals surface area contributed by atoms with Crippen molar-refractivity contribution in [3.63, 3.8) is 0 Å². The lowest BCUT2D eigenvalue weighted by Gasteiger charge is -2.11. The van der Waals surface area contributed by atoms with Crippen molar-refractivity contribution in [2.75, 3.05) is 13.7 Å². The molecular formula is C11H19ClN2O3S. The van der Waals surface area contributed by atoms with E-state index in [0.717, 1.165) is 0 Å². The number of nitrogens with two attached hydrogens (primary N) is 1. The Balaban J connectivity index is 0.00000289. The lowest BCUT2D eigenvalue weighted by molar-refractivity contribution is 0.402. The Kier molecular flexibility index (Phi) is 7.23. The first kappa shape index (κ1) is 17.2. The van der Waals surface area contributed by atoms with E-state index < -0.39 is 10.0 Å². The number of hydrogen-bond donors (Lipinski definition) is 2. The maximum absolute atomic E-state index is 12.0. The summed E-state index contributed by atoms with van der Waals surface area (Å²) in [7, 11) is -2.09. The van der Waals surface area contributed by atoms with Gasteiger partial charge in [0, 0.05) is 12.6 Å². The Morgan fingerprint density at radius 1 is 1.39 bits per heavy atom. The van der Waals surface area contributed by atoms with Gasteiger partial charge in [0.25, 0.3) is 0 Å². The minimum Gasteiger partial charge on any atom is -0.495 e. The van der Waals surface area contributed by atoms with Crippen LogP contribution in [0.3, 0.4) is 0 Å². The molecule has 0 heterocycles. The van der Waals surface area contributed by atoms with Crippen molar-refractivity contribution in [1.29, 1.82) is 0 Å². The summed E-state index contributed by atoms with van der Waals surface area (Å²) < 4.78 is 31.4. The molecule has 0 aromatic heterocycles. The van der Waals surface area contributed by atoms with Gasteiger partial charge < -0.3 is 10.5 Å². The Labute approximate surface area is 114 Å². The SMILES string of the molecule is COc1ccccc1S(=O)(=O)NCCC(C)N.Cl. The molecule has 1 unspecified atom stereocenters. The number of halogens is 1. The highest BCUT2D eigenvalue weighted by molar-refractivity contribution is 7.89. The number of benzene rings is 1. The third-order valence-corrected chi connectivity index (χ3v) is 3.75. The number of hydrogen-bond acceptors (Lipinski definition) is 4. The molecule has 0 amide bonds. The lowest BCUT2D eigenvalue weighted by atomic mass is 10.3. The summed E-state index contributed by atoms with van der Waals surface area (Å²) in [5, 5.41) is 0. The van der Waals surface area contributed by atoms with Crippen LogP contribution >= 0.6 is 12.4 Å². The van der Waals surface area contributed by atoms with E-state index in [0.29, 0.717) is 18.7 Å². The van der Waals surface area contributed by atoms with Crippen LogP contribution < -0.4 is 15.2 Å². The molecule has 0 radical (unpaired) electrons. The van der Waals surface area contributed by atoms with Gasteiger partial charge in [-0.15, -0.1) is 12.4 Å². The average molecular weight is 295 g/mol. The summed E-state index contributed by atoms with van der Waals surface area (Å²) in [4.78, 5) is 0.146. The number of nitrogens with one attached hydrogen (secondary N) is 1. The normalized spacial score (nSPS) is 12.6. The van der Waals surface area contributed by atoms with Crippen LogP contribution in [0.25, 0.3) is 0 Å². The fourth-order valence-corrected chi connectivity index (χ4v) is 2.56.